The van der Waals surface area contributed by atoms with Gasteiger partial charge in [0.05, 0.1) is 5.71 Å². The first kappa shape index (κ1) is 20.5. The Kier molecular flexibility index (Phi) is 6.56. The molecule has 0 aliphatic carbocycles. The Morgan fingerprint density at radius 2 is 1.93 bits per heavy atom. The van der Waals surface area contributed by atoms with E-state index in [-0.39, 0.29) is 6.79 Å². The quantitative estimate of drug-likeness (QED) is 0.421. The van der Waals surface area contributed by atoms with E-state index >= 15 is 0 Å². The molecule has 9 heteroatoms. The molecule has 3 rings (SSSR count). The largest absolute Gasteiger partial charge is 0.454 e. The van der Waals surface area contributed by atoms with E-state index in [0.717, 1.165) is 11.1 Å². The summed E-state index contributed by atoms with van der Waals surface area (Å²) >= 11 is 6.00. The number of aryl methyl sites for hydroxylation is 1. The van der Waals surface area contributed by atoms with Crippen molar-refractivity contribution in [3.05, 3.63) is 52.5 Å². The molecule has 0 radical (unpaired) electrons. The number of rotatable bonds is 7. The summed E-state index contributed by atoms with van der Waals surface area (Å²) in [7, 11) is 0. The molecule has 2 aromatic rings. The Morgan fingerprint density at radius 3 is 2.72 bits per heavy atom. The summed E-state index contributed by atoms with van der Waals surface area (Å²) in [6.45, 7) is 2.89. The first-order chi connectivity index (χ1) is 13.9. The van der Waals surface area contributed by atoms with Crippen molar-refractivity contribution in [2.75, 3.05) is 25.3 Å². The van der Waals surface area contributed by atoms with Gasteiger partial charge in [0.25, 0.3) is 5.91 Å². The average Bonchev–Trinajstić information content (AvgIpc) is 3.17. The molecule has 0 bridgehead atoms. The molecular weight excluding hydrogens is 400 g/mol. The van der Waals surface area contributed by atoms with Crippen molar-refractivity contribution < 1.29 is 28.6 Å². The van der Waals surface area contributed by atoms with Gasteiger partial charge in [-0.05, 0) is 49.7 Å². The molecule has 1 N–H and O–H groups in total. The number of hydrogen-bond donors (Lipinski definition) is 1. The maximum atomic E-state index is 11.9. The number of nitrogens with zero attached hydrogens (tertiary/aromatic N) is 1. The SMILES string of the molecule is C/C(=N/OCC(=O)OCC(=O)Nc1ccc(C)c(Cl)c1)c1ccc2c(c1)OCO2. The molecule has 2 aromatic carbocycles. The molecule has 1 aliphatic rings. The zero-order chi connectivity index (χ0) is 20.8. The Bertz CT molecular complexity index is 960. The van der Waals surface area contributed by atoms with Crippen LogP contribution in [0.4, 0.5) is 5.69 Å². The highest BCUT2D eigenvalue weighted by atomic mass is 35.5. The van der Waals surface area contributed by atoms with Gasteiger partial charge in [0.15, 0.2) is 18.1 Å². The summed E-state index contributed by atoms with van der Waals surface area (Å²) in [5.41, 5.74) is 2.72. The molecule has 152 valence electrons. The molecule has 1 aliphatic heterocycles. The number of carbonyl (C=O) groups excluding carboxylic acids is 2. The average molecular weight is 419 g/mol. The van der Waals surface area contributed by atoms with Crippen molar-refractivity contribution in [2.45, 2.75) is 13.8 Å². The lowest BCUT2D eigenvalue weighted by atomic mass is 10.1. The van der Waals surface area contributed by atoms with E-state index in [1.165, 1.54) is 0 Å². The molecule has 0 fully saturated rings. The summed E-state index contributed by atoms with van der Waals surface area (Å²) in [4.78, 5) is 28.6. The maximum Gasteiger partial charge on any atom is 0.347 e. The highest BCUT2D eigenvalue weighted by Crippen LogP contribution is 2.32. The van der Waals surface area contributed by atoms with Crippen LogP contribution in [0.2, 0.25) is 5.02 Å². The number of anilines is 1. The van der Waals surface area contributed by atoms with Gasteiger partial charge >= 0.3 is 5.97 Å². The lowest BCUT2D eigenvalue weighted by Crippen LogP contribution is -2.22. The zero-order valence-corrected chi connectivity index (χ0v) is 16.6. The molecule has 1 amide bonds. The molecule has 29 heavy (non-hydrogen) atoms. The highest BCUT2D eigenvalue weighted by molar-refractivity contribution is 6.31. The van der Waals surface area contributed by atoms with Crippen LogP contribution in [-0.4, -0.2) is 37.6 Å². The standard InChI is InChI=1S/C20H19ClN2O6/c1-12-3-5-15(8-16(12)21)22-19(24)9-26-20(25)10-29-23-13(2)14-4-6-17-18(7-14)28-11-27-17/h3-8H,9-11H2,1-2H3,(H,22,24)/b23-13-. The number of nitrogens with one attached hydrogen (secondary N) is 1. The number of amides is 1. The minimum Gasteiger partial charge on any atom is -0.454 e. The number of oxime groups is 1. The second-order valence-corrected chi connectivity index (χ2v) is 6.60. The first-order valence-electron chi connectivity index (χ1n) is 8.70. The van der Waals surface area contributed by atoms with Crippen molar-refractivity contribution in [3.8, 4) is 11.5 Å². The van der Waals surface area contributed by atoms with Gasteiger partial charge in [0.2, 0.25) is 13.4 Å². The van der Waals surface area contributed by atoms with Crippen molar-refractivity contribution in [1.29, 1.82) is 0 Å². The summed E-state index contributed by atoms with van der Waals surface area (Å²) in [5, 5.41) is 7.00. The van der Waals surface area contributed by atoms with Crippen LogP contribution in [0, 0.1) is 6.92 Å². The number of fused-ring (bicyclic) bond motifs is 1. The number of hydrogen-bond acceptors (Lipinski definition) is 7. The van der Waals surface area contributed by atoms with Crippen molar-refractivity contribution in [2.24, 2.45) is 5.16 Å². The number of ether oxygens (including phenoxy) is 3. The Hall–Kier alpha value is -3.26. The lowest BCUT2D eigenvalue weighted by Gasteiger charge is -2.08. The lowest BCUT2D eigenvalue weighted by molar-refractivity contribution is -0.151. The van der Waals surface area contributed by atoms with Crippen LogP contribution in [0.5, 0.6) is 11.5 Å². The van der Waals surface area contributed by atoms with Crippen molar-refractivity contribution >= 4 is 34.9 Å². The van der Waals surface area contributed by atoms with Crippen LogP contribution in [0.15, 0.2) is 41.6 Å². The molecule has 1 heterocycles. The van der Waals surface area contributed by atoms with Gasteiger partial charge in [-0.15, -0.1) is 0 Å². The van der Waals surface area contributed by atoms with Gasteiger partial charge in [-0.1, -0.05) is 22.8 Å². The van der Waals surface area contributed by atoms with E-state index in [1.807, 2.05) is 6.92 Å². The molecule has 0 saturated heterocycles. The fraction of sp³-hybridized carbons (Fsp3) is 0.250. The Balaban J connectivity index is 1.41. The smallest absolute Gasteiger partial charge is 0.347 e. The summed E-state index contributed by atoms with van der Waals surface area (Å²) < 4.78 is 15.4. The number of halogens is 1. The van der Waals surface area contributed by atoms with Crippen LogP contribution >= 0.6 is 11.6 Å². The highest BCUT2D eigenvalue weighted by Gasteiger charge is 2.14. The number of esters is 1. The Labute approximate surface area is 172 Å². The molecular formula is C20H19ClN2O6. The third-order valence-corrected chi connectivity index (χ3v) is 4.40. The van der Waals surface area contributed by atoms with E-state index in [4.69, 9.17) is 30.6 Å². The van der Waals surface area contributed by atoms with Crippen LogP contribution in [0.1, 0.15) is 18.1 Å². The van der Waals surface area contributed by atoms with Gasteiger partial charge in [-0.3, -0.25) is 4.79 Å². The maximum absolute atomic E-state index is 11.9. The molecule has 0 atom stereocenters. The molecule has 0 spiro atoms. The fourth-order valence-electron chi connectivity index (χ4n) is 2.41. The summed E-state index contributed by atoms with van der Waals surface area (Å²) in [5.74, 6) is 0.0807. The van der Waals surface area contributed by atoms with E-state index < -0.39 is 25.1 Å². The van der Waals surface area contributed by atoms with Gasteiger partial charge in [-0.2, -0.15) is 0 Å². The molecule has 8 nitrogen and oxygen atoms in total. The van der Waals surface area contributed by atoms with E-state index in [2.05, 4.69) is 10.5 Å². The minimum absolute atomic E-state index is 0.182. The first-order valence-corrected chi connectivity index (χ1v) is 9.08. The summed E-state index contributed by atoms with van der Waals surface area (Å²) in [6.07, 6.45) is 0. The third kappa shape index (κ3) is 5.61. The van der Waals surface area contributed by atoms with Gasteiger partial charge in [0, 0.05) is 16.3 Å². The topological polar surface area (TPSA) is 95.5 Å². The predicted molar refractivity (Wildman–Crippen MR) is 107 cm³/mol. The van der Waals surface area contributed by atoms with Crippen LogP contribution < -0.4 is 14.8 Å². The van der Waals surface area contributed by atoms with Crippen molar-refractivity contribution in [3.63, 3.8) is 0 Å². The monoisotopic (exact) mass is 418 g/mol. The Morgan fingerprint density at radius 1 is 1.14 bits per heavy atom. The third-order valence-electron chi connectivity index (χ3n) is 3.99. The second-order valence-electron chi connectivity index (χ2n) is 6.19. The number of carbonyl (C=O) groups is 2. The van der Waals surface area contributed by atoms with Gasteiger partial charge in [0.1, 0.15) is 0 Å². The van der Waals surface area contributed by atoms with Gasteiger partial charge < -0.3 is 24.4 Å². The zero-order valence-electron chi connectivity index (χ0n) is 15.9. The van der Waals surface area contributed by atoms with Crippen LogP contribution in [0.25, 0.3) is 0 Å². The van der Waals surface area contributed by atoms with Gasteiger partial charge in [-0.25, -0.2) is 4.79 Å². The number of benzene rings is 2. The van der Waals surface area contributed by atoms with Crippen LogP contribution in [-0.2, 0) is 19.2 Å². The molecule has 0 saturated carbocycles. The summed E-state index contributed by atoms with van der Waals surface area (Å²) in [6, 6.07) is 10.4. The van der Waals surface area contributed by atoms with E-state index in [1.54, 1.807) is 43.3 Å². The second kappa shape index (κ2) is 9.29. The fourth-order valence-corrected chi connectivity index (χ4v) is 2.59. The molecule has 0 unspecified atom stereocenters. The van der Waals surface area contributed by atoms with Crippen molar-refractivity contribution in [1.82, 2.24) is 0 Å². The molecule has 0 aromatic heterocycles. The predicted octanol–water partition coefficient (Wildman–Crippen LogP) is 3.30. The van der Waals surface area contributed by atoms with E-state index in [0.29, 0.717) is 27.9 Å². The van der Waals surface area contributed by atoms with Crippen LogP contribution in [0.3, 0.4) is 0 Å². The normalized spacial score (nSPS) is 12.4. The van der Waals surface area contributed by atoms with E-state index in [9.17, 15) is 9.59 Å². The minimum atomic E-state index is -0.718.